The Hall–Kier alpha value is -3.06. The number of piperazine rings is 1. The maximum Gasteiger partial charge on any atom is 0.321 e. The monoisotopic (exact) mass is 396 g/mol. The van der Waals surface area contributed by atoms with Gasteiger partial charge in [-0.3, -0.25) is 4.79 Å². The lowest BCUT2D eigenvalue weighted by Gasteiger charge is -2.36. The van der Waals surface area contributed by atoms with Gasteiger partial charge in [-0.15, -0.1) is 0 Å². The average molecular weight is 396 g/mol. The summed E-state index contributed by atoms with van der Waals surface area (Å²) in [5.41, 5.74) is 2.32. The fourth-order valence-corrected chi connectivity index (χ4v) is 3.27. The summed E-state index contributed by atoms with van der Waals surface area (Å²) in [6.45, 7) is 4.05. The molecule has 0 aromatic heterocycles. The van der Waals surface area contributed by atoms with Crippen molar-refractivity contribution in [2.45, 2.75) is 6.42 Å². The smallest absolute Gasteiger partial charge is 0.321 e. The van der Waals surface area contributed by atoms with Crippen molar-refractivity contribution in [2.24, 2.45) is 0 Å². The number of benzene rings is 2. The molecule has 0 aliphatic carbocycles. The Morgan fingerprint density at radius 3 is 2.48 bits per heavy atom. The second-order valence-electron chi connectivity index (χ2n) is 6.92. The predicted octanol–water partition coefficient (Wildman–Crippen LogP) is 2.81. The first-order valence-corrected chi connectivity index (χ1v) is 9.90. The van der Waals surface area contributed by atoms with Crippen molar-refractivity contribution in [3.8, 4) is 0 Å². The summed E-state index contributed by atoms with van der Waals surface area (Å²) in [5, 5.41) is 5.76. The maximum atomic E-state index is 12.6. The van der Waals surface area contributed by atoms with Crippen molar-refractivity contribution in [1.82, 2.24) is 10.2 Å². The number of nitrogens with one attached hydrogen (secondary N) is 2. The van der Waals surface area contributed by atoms with Crippen LogP contribution in [0.25, 0.3) is 0 Å². The molecule has 0 saturated carbocycles. The zero-order chi connectivity index (χ0) is 20.5. The van der Waals surface area contributed by atoms with Gasteiger partial charge in [0, 0.05) is 63.4 Å². The van der Waals surface area contributed by atoms with Crippen LogP contribution in [0.4, 0.5) is 16.2 Å². The van der Waals surface area contributed by atoms with Crippen molar-refractivity contribution in [2.75, 3.05) is 56.7 Å². The zero-order valence-electron chi connectivity index (χ0n) is 16.8. The molecule has 154 valence electrons. The van der Waals surface area contributed by atoms with Crippen LogP contribution in [-0.4, -0.2) is 63.3 Å². The fraction of sp³-hybridized carbons (Fsp3) is 0.364. The van der Waals surface area contributed by atoms with Crippen LogP contribution in [0.15, 0.2) is 54.6 Å². The first-order valence-electron chi connectivity index (χ1n) is 9.90. The number of ether oxygens (including phenoxy) is 1. The van der Waals surface area contributed by atoms with Crippen LogP contribution >= 0.6 is 0 Å². The number of carbonyl (C=O) groups is 2. The largest absolute Gasteiger partial charge is 0.385 e. The number of methoxy groups -OCH3 is 1. The highest BCUT2D eigenvalue weighted by atomic mass is 16.5. The quantitative estimate of drug-likeness (QED) is 0.706. The molecule has 3 rings (SSSR count). The number of hydrogen-bond acceptors (Lipinski definition) is 4. The molecule has 1 aliphatic heterocycles. The van der Waals surface area contributed by atoms with Gasteiger partial charge in [0.15, 0.2) is 0 Å². The lowest BCUT2D eigenvalue weighted by molar-refractivity contribution is 0.0948. The first kappa shape index (κ1) is 20.7. The summed E-state index contributed by atoms with van der Waals surface area (Å²) in [7, 11) is 1.63. The van der Waals surface area contributed by atoms with Gasteiger partial charge in [-0.25, -0.2) is 4.79 Å². The highest BCUT2D eigenvalue weighted by molar-refractivity contribution is 5.96. The van der Waals surface area contributed by atoms with Crippen LogP contribution in [-0.2, 0) is 4.74 Å². The molecule has 2 N–H and O–H groups in total. The molecule has 2 aromatic rings. The van der Waals surface area contributed by atoms with Crippen LogP contribution in [0.3, 0.4) is 0 Å². The molecule has 2 aromatic carbocycles. The molecule has 0 bridgehead atoms. The van der Waals surface area contributed by atoms with E-state index in [4.69, 9.17) is 4.74 Å². The number of hydrogen-bond donors (Lipinski definition) is 2. The van der Waals surface area contributed by atoms with Crippen molar-refractivity contribution in [3.05, 3.63) is 60.2 Å². The number of rotatable bonds is 7. The van der Waals surface area contributed by atoms with Crippen LogP contribution in [0.2, 0.25) is 0 Å². The van der Waals surface area contributed by atoms with Gasteiger partial charge >= 0.3 is 6.03 Å². The van der Waals surface area contributed by atoms with Crippen LogP contribution in [0.5, 0.6) is 0 Å². The molecule has 7 nitrogen and oxygen atoms in total. The molecule has 29 heavy (non-hydrogen) atoms. The number of amides is 3. The normalized spacial score (nSPS) is 13.8. The van der Waals surface area contributed by atoms with Crippen LogP contribution in [0.1, 0.15) is 16.8 Å². The number of anilines is 2. The Bertz CT molecular complexity index is 805. The Labute approximate surface area is 171 Å². The molecule has 0 radical (unpaired) electrons. The molecule has 1 fully saturated rings. The maximum absolute atomic E-state index is 12.6. The van der Waals surface area contributed by atoms with E-state index in [1.54, 1.807) is 36.3 Å². The summed E-state index contributed by atoms with van der Waals surface area (Å²) in [4.78, 5) is 28.9. The first-order chi connectivity index (χ1) is 14.2. The van der Waals surface area contributed by atoms with E-state index in [-0.39, 0.29) is 11.9 Å². The second kappa shape index (κ2) is 10.5. The predicted molar refractivity (Wildman–Crippen MR) is 115 cm³/mol. The average Bonchev–Trinajstić information content (AvgIpc) is 2.77. The molecule has 3 amide bonds. The topological polar surface area (TPSA) is 73.9 Å². The van der Waals surface area contributed by atoms with Gasteiger partial charge in [0.2, 0.25) is 0 Å². The van der Waals surface area contributed by atoms with E-state index < -0.39 is 0 Å². The highest BCUT2D eigenvalue weighted by Crippen LogP contribution is 2.17. The molecule has 0 spiro atoms. The van der Waals surface area contributed by atoms with Gasteiger partial charge in [0.1, 0.15) is 0 Å². The number of nitrogens with zero attached hydrogens (tertiary/aromatic N) is 2. The summed E-state index contributed by atoms with van der Waals surface area (Å²) in [6, 6.07) is 17.1. The minimum Gasteiger partial charge on any atom is -0.385 e. The lowest BCUT2D eigenvalue weighted by atomic mass is 10.2. The van der Waals surface area contributed by atoms with E-state index in [9.17, 15) is 9.59 Å². The van der Waals surface area contributed by atoms with Crippen molar-refractivity contribution < 1.29 is 14.3 Å². The van der Waals surface area contributed by atoms with E-state index in [1.165, 1.54) is 5.69 Å². The highest BCUT2D eigenvalue weighted by Gasteiger charge is 2.21. The molecule has 1 saturated heterocycles. The number of carbonyl (C=O) groups excluding carboxylic acids is 2. The van der Waals surface area contributed by atoms with E-state index in [0.717, 1.165) is 19.5 Å². The third-order valence-corrected chi connectivity index (χ3v) is 4.88. The van der Waals surface area contributed by atoms with Gasteiger partial charge in [0.25, 0.3) is 5.91 Å². The second-order valence-corrected chi connectivity index (χ2v) is 6.92. The lowest BCUT2D eigenvalue weighted by Crippen LogP contribution is -2.50. The van der Waals surface area contributed by atoms with Crippen molar-refractivity contribution in [1.29, 1.82) is 0 Å². The zero-order valence-corrected chi connectivity index (χ0v) is 16.8. The SMILES string of the molecule is COCCCNC(=O)c1cccc(NC(=O)N2CCN(c3ccccc3)CC2)c1. The molecule has 0 unspecified atom stereocenters. The Morgan fingerprint density at radius 1 is 1.00 bits per heavy atom. The molecule has 1 heterocycles. The summed E-state index contributed by atoms with van der Waals surface area (Å²) < 4.78 is 4.98. The van der Waals surface area contributed by atoms with Gasteiger partial charge < -0.3 is 25.2 Å². The molecular formula is C22H28N4O3. The van der Waals surface area contributed by atoms with E-state index in [0.29, 0.717) is 37.5 Å². The number of para-hydroxylation sites is 1. The van der Waals surface area contributed by atoms with Crippen molar-refractivity contribution in [3.63, 3.8) is 0 Å². The summed E-state index contributed by atoms with van der Waals surface area (Å²) in [6.07, 6.45) is 0.758. The molecule has 1 aliphatic rings. The standard InChI is InChI=1S/C22H28N4O3/c1-29-16-6-11-23-21(27)18-7-5-8-19(17-18)24-22(28)26-14-12-25(13-15-26)20-9-3-2-4-10-20/h2-5,7-10,17H,6,11-16H2,1H3,(H,23,27)(H,24,28). The number of urea groups is 1. The minimum absolute atomic E-state index is 0.143. The van der Waals surface area contributed by atoms with E-state index in [2.05, 4.69) is 27.7 Å². The Balaban J connectivity index is 1.50. The molecule has 7 heteroatoms. The van der Waals surface area contributed by atoms with Gasteiger partial charge in [-0.1, -0.05) is 24.3 Å². The molecular weight excluding hydrogens is 368 g/mol. The Kier molecular flexibility index (Phi) is 7.47. The van der Waals surface area contributed by atoms with Crippen molar-refractivity contribution >= 4 is 23.3 Å². The Morgan fingerprint density at radius 2 is 1.76 bits per heavy atom. The fourth-order valence-electron chi connectivity index (χ4n) is 3.27. The minimum atomic E-state index is -0.159. The summed E-state index contributed by atoms with van der Waals surface area (Å²) >= 11 is 0. The van der Waals surface area contributed by atoms with Gasteiger partial charge in [-0.2, -0.15) is 0 Å². The third kappa shape index (κ3) is 5.96. The van der Waals surface area contributed by atoms with E-state index >= 15 is 0 Å². The summed E-state index contributed by atoms with van der Waals surface area (Å²) in [5.74, 6) is -0.159. The van der Waals surface area contributed by atoms with Crippen LogP contribution < -0.4 is 15.5 Å². The third-order valence-electron chi connectivity index (χ3n) is 4.88. The van der Waals surface area contributed by atoms with Gasteiger partial charge in [-0.05, 0) is 36.8 Å². The van der Waals surface area contributed by atoms with Crippen LogP contribution in [0, 0.1) is 0 Å². The van der Waals surface area contributed by atoms with E-state index in [1.807, 2.05) is 18.2 Å². The molecule has 0 atom stereocenters. The van der Waals surface area contributed by atoms with Gasteiger partial charge in [0.05, 0.1) is 0 Å².